The fourth-order valence-electron chi connectivity index (χ4n) is 1.26. The first-order chi connectivity index (χ1) is 7.80. The van der Waals surface area contributed by atoms with Crippen LogP contribution in [0.2, 0.25) is 0 Å². The van der Waals surface area contributed by atoms with E-state index in [1.54, 1.807) is 13.0 Å². The third-order valence-corrected chi connectivity index (χ3v) is 2.40. The van der Waals surface area contributed by atoms with E-state index in [1.807, 2.05) is 0 Å². The van der Waals surface area contributed by atoms with Crippen LogP contribution in [0.5, 0.6) is 5.75 Å². The highest BCUT2D eigenvalue weighted by atomic mass is 19.4. The molecule has 1 aromatic rings. The summed E-state index contributed by atoms with van der Waals surface area (Å²) in [5, 5.41) is 0. The average molecular weight is 240 g/mol. The van der Waals surface area contributed by atoms with Gasteiger partial charge in [-0.1, -0.05) is 24.1 Å². The van der Waals surface area contributed by atoms with Crippen molar-refractivity contribution in [2.75, 3.05) is 0 Å². The quantitative estimate of drug-likeness (QED) is 0.578. The predicted octanol–water partition coefficient (Wildman–Crippen LogP) is 3.66. The summed E-state index contributed by atoms with van der Waals surface area (Å²) < 4.78 is 39.6. The molecule has 0 spiro atoms. The molecule has 0 aliphatic carbocycles. The van der Waals surface area contributed by atoms with Crippen molar-refractivity contribution in [3.8, 4) is 18.1 Å². The lowest BCUT2D eigenvalue weighted by atomic mass is 9.84. The van der Waals surface area contributed by atoms with Crippen LogP contribution in [-0.4, -0.2) is 6.36 Å². The van der Waals surface area contributed by atoms with Crippen LogP contribution in [-0.2, 0) is 5.41 Å². The minimum Gasteiger partial charge on any atom is -0.406 e. The predicted molar refractivity (Wildman–Crippen MR) is 59.5 cm³/mol. The van der Waals surface area contributed by atoms with E-state index < -0.39 is 11.8 Å². The molecule has 0 unspecified atom stereocenters. The molecule has 0 amide bonds. The van der Waals surface area contributed by atoms with Gasteiger partial charge in [0.1, 0.15) is 5.75 Å². The number of hydrogen-bond donors (Lipinski definition) is 0. The number of halogens is 3. The summed E-state index contributed by atoms with van der Waals surface area (Å²) in [6, 6.07) is 5.43. The van der Waals surface area contributed by atoms with Crippen molar-refractivity contribution in [2.45, 2.75) is 18.7 Å². The van der Waals surface area contributed by atoms with Crippen molar-refractivity contribution >= 4 is 0 Å². The normalized spacial score (nSPS) is 14.5. The standard InChI is InChI=1S/C13H11F3O/c1-4-12(3,5-2)10-6-8-11(9-7-10)17-13(14,15)16/h1,5-9H,2H2,3H3/t12-/m1/s1. The summed E-state index contributed by atoms with van der Waals surface area (Å²) in [6.45, 7) is 5.36. The van der Waals surface area contributed by atoms with E-state index in [9.17, 15) is 13.2 Å². The Bertz CT molecular complexity index is 439. The Morgan fingerprint density at radius 2 is 1.82 bits per heavy atom. The zero-order valence-electron chi connectivity index (χ0n) is 9.21. The van der Waals surface area contributed by atoms with Gasteiger partial charge in [-0.25, -0.2) is 0 Å². The Morgan fingerprint density at radius 3 is 2.18 bits per heavy atom. The molecule has 90 valence electrons. The molecule has 0 aliphatic heterocycles. The van der Waals surface area contributed by atoms with Gasteiger partial charge in [-0.15, -0.1) is 26.2 Å². The van der Waals surface area contributed by atoms with Gasteiger partial charge in [0.2, 0.25) is 0 Å². The molecule has 0 saturated heterocycles. The van der Waals surface area contributed by atoms with Crippen molar-refractivity contribution in [1.82, 2.24) is 0 Å². The van der Waals surface area contributed by atoms with Gasteiger partial charge in [0.15, 0.2) is 0 Å². The molecule has 0 fully saturated rings. The first-order valence-electron chi connectivity index (χ1n) is 4.78. The topological polar surface area (TPSA) is 9.23 Å². The molecule has 0 saturated carbocycles. The monoisotopic (exact) mass is 240 g/mol. The smallest absolute Gasteiger partial charge is 0.406 e. The van der Waals surface area contributed by atoms with E-state index in [2.05, 4.69) is 17.2 Å². The van der Waals surface area contributed by atoms with Gasteiger partial charge in [0.25, 0.3) is 0 Å². The first-order valence-corrected chi connectivity index (χ1v) is 4.78. The number of alkyl halides is 3. The van der Waals surface area contributed by atoms with Crippen LogP contribution in [0.15, 0.2) is 36.9 Å². The van der Waals surface area contributed by atoms with Crippen LogP contribution < -0.4 is 4.74 Å². The Balaban J connectivity index is 2.97. The van der Waals surface area contributed by atoms with Gasteiger partial charge in [-0.3, -0.25) is 0 Å². The Hall–Kier alpha value is -1.89. The summed E-state index contributed by atoms with van der Waals surface area (Å²) >= 11 is 0. The fourth-order valence-corrected chi connectivity index (χ4v) is 1.26. The van der Waals surface area contributed by atoms with Gasteiger partial charge in [-0.05, 0) is 24.6 Å². The average Bonchev–Trinajstić information content (AvgIpc) is 2.27. The number of terminal acetylenes is 1. The first kappa shape index (κ1) is 13.2. The highest BCUT2D eigenvalue weighted by Crippen LogP contribution is 2.28. The number of ether oxygens (including phenoxy) is 1. The lowest BCUT2D eigenvalue weighted by Gasteiger charge is -2.19. The minimum atomic E-state index is -4.69. The van der Waals surface area contributed by atoms with E-state index in [4.69, 9.17) is 6.42 Å². The maximum Gasteiger partial charge on any atom is 0.573 e. The highest BCUT2D eigenvalue weighted by Gasteiger charge is 2.31. The molecule has 0 N–H and O–H groups in total. The minimum absolute atomic E-state index is 0.273. The van der Waals surface area contributed by atoms with Gasteiger partial charge < -0.3 is 4.74 Å². The summed E-state index contributed by atoms with van der Waals surface area (Å²) in [5.41, 5.74) is -0.0129. The third-order valence-electron chi connectivity index (χ3n) is 2.40. The molecular formula is C13H11F3O. The highest BCUT2D eigenvalue weighted by molar-refractivity contribution is 5.41. The zero-order valence-corrected chi connectivity index (χ0v) is 9.21. The van der Waals surface area contributed by atoms with E-state index in [-0.39, 0.29) is 5.75 Å². The van der Waals surface area contributed by atoms with E-state index in [0.29, 0.717) is 5.56 Å². The zero-order chi connectivity index (χ0) is 13.1. The summed E-state index contributed by atoms with van der Waals surface area (Å²) in [6.07, 6.45) is 2.23. The second kappa shape index (κ2) is 4.54. The number of allylic oxidation sites excluding steroid dienone is 1. The van der Waals surface area contributed by atoms with E-state index in [1.165, 1.54) is 24.3 Å². The Kier molecular flexibility index (Phi) is 3.52. The van der Waals surface area contributed by atoms with E-state index >= 15 is 0 Å². The molecule has 0 bridgehead atoms. The summed E-state index contributed by atoms with van der Waals surface area (Å²) in [4.78, 5) is 0. The maximum atomic E-state index is 11.9. The van der Waals surface area contributed by atoms with Crippen molar-refractivity contribution in [2.24, 2.45) is 0 Å². The van der Waals surface area contributed by atoms with Crippen LogP contribution in [0.3, 0.4) is 0 Å². The van der Waals surface area contributed by atoms with Crippen molar-refractivity contribution in [3.05, 3.63) is 42.5 Å². The van der Waals surface area contributed by atoms with Crippen molar-refractivity contribution in [1.29, 1.82) is 0 Å². The van der Waals surface area contributed by atoms with Gasteiger partial charge in [0.05, 0.1) is 5.41 Å². The Morgan fingerprint density at radius 1 is 1.29 bits per heavy atom. The second-order valence-corrected chi connectivity index (χ2v) is 3.62. The maximum absolute atomic E-state index is 11.9. The molecular weight excluding hydrogens is 229 g/mol. The second-order valence-electron chi connectivity index (χ2n) is 3.62. The lowest BCUT2D eigenvalue weighted by Crippen LogP contribution is -2.18. The third kappa shape index (κ3) is 3.28. The molecule has 17 heavy (non-hydrogen) atoms. The fraction of sp³-hybridized carbons (Fsp3) is 0.231. The molecule has 0 radical (unpaired) electrons. The molecule has 1 aromatic carbocycles. The van der Waals surface area contributed by atoms with Crippen LogP contribution in [0.25, 0.3) is 0 Å². The molecule has 1 nitrogen and oxygen atoms in total. The van der Waals surface area contributed by atoms with Gasteiger partial charge >= 0.3 is 6.36 Å². The number of rotatable bonds is 3. The van der Waals surface area contributed by atoms with E-state index in [0.717, 1.165) is 0 Å². The molecule has 1 atom stereocenters. The van der Waals surface area contributed by atoms with Gasteiger partial charge in [-0.2, -0.15) is 0 Å². The van der Waals surface area contributed by atoms with Crippen LogP contribution in [0.1, 0.15) is 12.5 Å². The van der Waals surface area contributed by atoms with Gasteiger partial charge in [0, 0.05) is 0 Å². The summed E-state index contributed by atoms with van der Waals surface area (Å²) in [7, 11) is 0. The SMILES string of the molecule is C#C[C@](C)(C=C)c1ccc(OC(F)(F)F)cc1. The van der Waals surface area contributed by atoms with Crippen LogP contribution in [0, 0.1) is 12.3 Å². The largest absolute Gasteiger partial charge is 0.573 e. The molecule has 0 heterocycles. The molecule has 0 aromatic heterocycles. The summed E-state index contributed by atoms with van der Waals surface area (Å²) in [5.74, 6) is 2.26. The molecule has 0 aliphatic rings. The van der Waals surface area contributed by atoms with Crippen LogP contribution >= 0.6 is 0 Å². The number of benzene rings is 1. The Labute approximate surface area is 97.9 Å². The van der Waals surface area contributed by atoms with Crippen LogP contribution in [0.4, 0.5) is 13.2 Å². The van der Waals surface area contributed by atoms with Crippen molar-refractivity contribution < 1.29 is 17.9 Å². The number of hydrogen-bond acceptors (Lipinski definition) is 1. The molecule has 4 heteroatoms. The lowest BCUT2D eigenvalue weighted by molar-refractivity contribution is -0.274. The van der Waals surface area contributed by atoms with Crippen molar-refractivity contribution in [3.63, 3.8) is 0 Å². The molecule has 1 rings (SSSR count).